The van der Waals surface area contributed by atoms with Crippen LogP contribution in [0, 0.1) is 0 Å². The van der Waals surface area contributed by atoms with Crippen molar-refractivity contribution in [3.05, 3.63) is 66.2 Å². The highest BCUT2D eigenvalue weighted by Gasteiger charge is 2.12. The van der Waals surface area contributed by atoms with Gasteiger partial charge in [-0.1, -0.05) is 24.3 Å². The largest absolute Gasteiger partial charge is 0.480 e. The molecule has 0 amide bonds. The van der Waals surface area contributed by atoms with Crippen molar-refractivity contribution < 1.29 is 14.6 Å². The Morgan fingerprint density at radius 3 is 2.65 bits per heavy atom. The van der Waals surface area contributed by atoms with Crippen molar-refractivity contribution >= 4 is 16.9 Å². The van der Waals surface area contributed by atoms with Gasteiger partial charge >= 0.3 is 5.97 Å². The summed E-state index contributed by atoms with van der Waals surface area (Å²) >= 11 is 0. The first kappa shape index (κ1) is 15.0. The van der Waals surface area contributed by atoms with E-state index >= 15 is 0 Å². The fraction of sp³-hybridized carbons (Fsp3) is 0.111. The molecule has 1 atom stereocenters. The molecule has 1 unspecified atom stereocenters. The third-order valence-corrected chi connectivity index (χ3v) is 3.47. The number of carboxylic acid groups (broad SMARTS) is 1. The SMILES string of the molecule is NC(Cc1ccc2nc(Oc3ccccc3)ccc2c1)C(=O)O. The molecule has 5 nitrogen and oxygen atoms in total. The van der Waals surface area contributed by atoms with Crippen molar-refractivity contribution in [2.75, 3.05) is 0 Å². The van der Waals surface area contributed by atoms with E-state index < -0.39 is 12.0 Å². The summed E-state index contributed by atoms with van der Waals surface area (Å²) in [4.78, 5) is 15.3. The van der Waals surface area contributed by atoms with Crippen molar-refractivity contribution in [2.24, 2.45) is 5.73 Å². The van der Waals surface area contributed by atoms with Crippen molar-refractivity contribution in [3.63, 3.8) is 0 Å². The summed E-state index contributed by atoms with van der Waals surface area (Å²) in [5.74, 6) is 0.233. The highest BCUT2D eigenvalue weighted by Crippen LogP contribution is 2.23. The molecular weight excluding hydrogens is 292 g/mol. The van der Waals surface area contributed by atoms with Crippen molar-refractivity contribution in [1.29, 1.82) is 0 Å². The Morgan fingerprint density at radius 1 is 1.13 bits per heavy atom. The van der Waals surface area contributed by atoms with Gasteiger partial charge in [-0.05, 0) is 42.3 Å². The zero-order valence-electron chi connectivity index (χ0n) is 12.3. The standard InChI is InChI=1S/C18H16N2O3/c19-15(18(21)22)11-12-6-8-16-13(10-12)7-9-17(20-16)23-14-4-2-1-3-5-14/h1-10,15H,11,19H2,(H,21,22). The number of ether oxygens (including phenoxy) is 1. The molecule has 0 saturated heterocycles. The number of aliphatic carboxylic acids is 1. The molecule has 116 valence electrons. The maximum absolute atomic E-state index is 10.8. The molecule has 2 aromatic carbocycles. The molecule has 0 saturated carbocycles. The Bertz CT molecular complexity index is 834. The highest BCUT2D eigenvalue weighted by atomic mass is 16.5. The molecule has 0 fully saturated rings. The summed E-state index contributed by atoms with van der Waals surface area (Å²) in [6.45, 7) is 0. The van der Waals surface area contributed by atoms with Crippen molar-refractivity contribution in [3.8, 4) is 11.6 Å². The summed E-state index contributed by atoms with van der Waals surface area (Å²) in [6.07, 6.45) is 0.285. The first-order valence-electron chi connectivity index (χ1n) is 7.23. The Labute approximate surface area is 133 Å². The van der Waals surface area contributed by atoms with E-state index in [2.05, 4.69) is 4.98 Å². The fourth-order valence-electron chi connectivity index (χ4n) is 2.29. The predicted octanol–water partition coefficient (Wildman–Crippen LogP) is 2.98. The van der Waals surface area contributed by atoms with Gasteiger partial charge in [-0.2, -0.15) is 0 Å². The smallest absolute Gasteiger partial charge is 0.320 e. The predicted molar refractivity (Wildman–Crippen MR) is 87.6 cm³/mol. The summed E-state index contributed by atoms with van der Waals surface area (Å²) < 4.78 is 5.70. The summed E-state index contributed by atoms with van der Waals surface area (Å²) in [5.41, 5.74) is 7.22. The minimum atomic E-state index is -1.00. The molecule has 0 bridgehead atoms. The van der Waals surface area contributed by atoms with E-state index in [1.165, 1.54) is 0 Å². The first-order chi connectivity index (χ1) is 11.1. The topological polar surface area (TPSA) is 85.4 Å². The van der Waals surface area contributed by atoms with E-state index in [9.17, 15) is 4.79 Å². The van der Waals surface area contributed by atoms with E-state index in [0.29, 0.717) is 5.88 Å². The van der Waals surface area contributed by atoms with Crippen LogP contribution in [0.25, 0.3) is 10.9 Å². The number of hydrogen-bond acceptors (Lipinski definition) is 4. The molecule has 0 aliphatic carbocycles. The third kappa shape index (κ3) is 3.64. The minimum absolute atomic E-state index is 0.285. The van der Waals surface area contributed by atoms with E-state index in [-0.39, 0.29) is 6.42 Å². The lowest BCUT2D eigenvalue weighted by Crippen LogP contribution is -2.32. The minimum Gasteiger partial charge on any atom is -0.480 e. The Morgan fingerprint density at radius 2 is 1.91 bits per heavy atom. The molecule has 0 aliphatic heterocycles. The molecule has 3 N–H and O–H groups in total. The van der Waals surface area contributed by atoms with E-state index in [1.807, 2.05) is 54.6 Å². The zero-order chi connectivity index (χ0) is 16.2. The average molecular weight is 308 g/mol. The molecule has 3 aromatic rings. The van der Waals surface area contributed by atoms with Crippen LogP contribution < -0.4 is 10.5 Å². The van der Waals surface area contributed by atoms with E-state index in [1.54, 1.807) is 6.07 Å². The lowest BCUT2D eigenvalue weighted by atomic mass is 10.0. The summed E-state index contributed by atoms with van der Waals surface area (Å²) in [6, 6.07) is 17.8. The van der Waals surface area contributed by atoms with Crippen LogP contribution in [0.15, 0.2) is 60.7 Å². The van der Waals surface area contributed by atoms with Crippen molar-refractivity contribution in [1.82, 2.24) is 4.98 Å². The maximum atomic E-state index is 10.8. The molecule has 5 heteroatoms. The first-order valence-corrected chi connectivity index (χ1v) is 7.23. The van der Waals surface area contributed by atoms with Gasteiger partial charge in [0.25, 0.3) is 0 Å². The summed E-state index contributed by atoms with van der Waals surface area (Å²) in [5, 5.41) is 9.80. The van der Waals surface area contributed by atoms with Gasteiger partial charge in [0.1, 0.15) is 11.8 Å². The van der Waals surface area contributed by atoms with Gasteiger partial charge in [-0.15, -0.1) is 0 Å². The highest BCUT2D eigenvalue weighted by molar-refractivity contribution is 5.80. The molecule has 0 aliphatic rings. The van der Waals surface area contributed by atoms with Gasteiger partial charge in [0, 0.05) is 11.5 Å². The van der Waals surface area contributed by atoms with Crippen molar-refractivity contribution in [2.45, 2.75) is 12.5 Å². The van der Waals surface area contributed by atoms with Gasteiger partial charge in [0.15, 0.2) is 0 Å². The number of carbonyl (C=O) groups is 1. The lowest BCUT2D eigenvalue weighted by molar-refractivity contribution is -0.138. The number of carboxylic acids is 1. The van der Waals surface area contributed by atoms with Crippen LogP contribution in [0.5, 0.6) is 11.6 Å². The van der Waals surface area contributed by atoms with Gasteiger partial charge < -0.3 is 15.6 Å². The fourth-order valence-corrected chi connectivity index (χ4v) is 2.29. The van der Waals surface area contributed by atoms with Gasteiger partial charge in [-0.3, -0.25) is 4.79 Å². The molecule has 1 heterocycles. The molecule has 3 rings (SSSR count). The van der Waals surface area contributed by atoms with Crippen LogP contribution in [0.2, 0.25) is 0 Å². The molecular formula is C18H16N2O3. The van der Waals surface area contributed by atoms with Crippen LogP contribution in [0.1, 0.15) is 5.56 Å². The Kier molecular flexibility index (Phi) is 4.21. The van der Waals surface area contributed by atoms with Gasteiger partial charge in [-0.25, -0.2) is 4.98 Å². The van der Waals surface area contributed by atoms with Gasteiger partial charge in [0.05, 0.1) is 5.52 Å². The number of benzene rings is 2. The third-order valence-electron chi connectivity index (χ3n) is 3.47. The second kappa shape index (κ2) is 6.46. The van der Waals surface area contributed by atoms with Crippen LogP contribution in [0.3, 0.4) is 0 Å². The number of pyridine rings is 1. The number of rotatable bonds is 5. The quantitative estimate of drug-likeness (QED) is 0.757. The monoisotopic (exact) mass is 308 g/mol. The number of para-hydroxylation sites is 1. The maximum Gasteiger partial charge on any atom is 0.320 e. The van der Waals surface area contributed by atoms with Crippen LogP contribution in [0.4, 0.5) is 0 Å². The molecule has 23 heavy (non-hydrogen) atoms. The number of nitrogens with zero attached hydrogens (tertiary/aromatic N) is 1. The van der Waals surface area contributed by atoms with Gasteiger partial charge in [0.2, 0.25) is 5.88 Å². The molecule has 0 radical (unpaired) electrons. The average Bonchev–Trinajstić information content (AvgIpc) is 2.56. The van der Waals surface area contributed by atoms with Crippen LogP contribution in [-0.4, -0.2) is 22.1 Å². The normalized spacial score (nSPS) is 12.0. The number of hydrogen-bond donors (Lipinski definition) is 2. The Balaban J connectivity index is 1.82. The lowest BCUT2D eigenvalue weighted by Gasteiger charge is -2.09. The molecule has 1 aromatic heterocycles. The van der Waals surface area contributed by atoms with Crippen LogP contribution in [-0.2, 0) is 11.2 Å². The van der Waals surface area contributed by atoms with E-state index in [4.69, 9.17) is 15.6 Å². The molecule has 0 spiro atoms. The number of nitrogens with two attached hydrogens (primary N) is 1. The second-order valence-corrected chi connectivity index (χ2v) is 5.24. The Hall–Kier alpha value is -2.92. The van der Waals surface area contributed by atoms with E-state index in [0.717, 1.165) is 22.2 Å². The number of fused-ring (bicyclic) bond motifs is 1. The second-order valence-electron chi connectivity index (χ2n) is 5.24. The van der Waals surface area contributed by atoms with Crippen LogP contribution >= 0.6 is 0 Å². The summed E-state index contributed by atoms with van der Waals surface area (Å²) in [7, 11) is 0. The zero-order valence-corrected chi connectivity index (χ0v) is 12.3. The number of aromatic nitrogens is 1.